The zero-order chi connectivity index (χ0) is 19.2. The number of rotatable bonds is 4. The Bertz CT molecular complexity index is 866. The van der Waals surface area contributed by atoms with E-state index < -0.39 is 17.9 Å². The van der Waals surface area contributed by atoms with Gasteiger partial charge in [-0.3, -0.25) is 25.8 Å². The molecule has 3 N–H and O–H groups in total. The van der Waals surface area contributed by atoms with E-state index in [1.54, 1.807) is 31.2 Å². The molecule has 2 aromatic rings. The second-order valence-electron chi connectivity index (χ2n) is 5.40. The molecule has 1 heterocycles. The Morgan fingerprint density at radius 2 is 1.56 bits per heavy atom. The summed E-state index contributed by atoms with van der Waals surface area (Å²) in [5.74, 6) is 0.0276. The lowest BCUT2D eigenvalue weighted by atomic mass is 10.2. The van der Waals surface area contributed by atoms with Gasteiger partial charge in [0.25, 0.3) is 11.8 Å². The number of ether oxygens (including phenoxy) is 3. The van der Waals surface area contributed by atoms with Crippen molar-refractivity contribution >= 4 is 23.6 Å². The average Bonchev–Trinajstić information content (AvgIpc) is 3.14. The van der Waals surface area contributed by atoms with E-state index in [1.165, 1.54) is 18.2 Å². The van der Waals surface area contributed by atoms with Gasteiger partial charge in [0.2, 0.25) is 6.79 Å². The van der Waals surface area contributed by atoms with Crippen LogP contribution in [0, 0.1) is 0 Å². The van der Waals surface area contributed by atoms with Crippen molar-refractivity contribution in [2.45, 2.75) is 6.92 Å². The molecular formula is C18H17N3O6. The summed E-state index contributed by atoms with van der Waals surface area (Å²) in [4.78, 5) is 35.6. The van der Waals surface area contributed by atoms with Crippen LogP contribution in [-0.4, -0.2) is 31.3 Å². The van der Waals surface area contributed by atoms with Gasteiger partial charge in [-0.1, -0.05) is 0 Å². The number of hydrogen-bond acceptors (Lipinski definition) is 6. The highest BCUT2D eigenvalue weighted by Crippen LogP contribution is 2.32. The van der Waals surface area contributed by atoms with Crippen LogP contribution in [0.4, 0.5) is 10.5 Å². The van der Waals surface area contributed by atoms with Crippen molar-refractivity contribution in [2.24, 2.45) is 0 Å². The predicted molar refractivity (Wildman–Crippen MR) is 94.6 cm³/mol. The Morgan fingerprint density at radius 3 is 2.26 bits per heavy atom. The van der Waals surface area contributed by atoms with Crippen LogP contribution in [0.3, 0.4) is 0 Å². The van der Waals surface area contributed by atoms with Crippen molar-refractivity contribution in [3.8, 4) is 11.5 Å². The summed E-state index contributed by atoms with van der Waals surface area (Å²) in [6, 6.07) is 10.8. The third-order valence-electron chi connectivity index (χ3n) is 3.59. The summed E-state index contributed by atoms with van der Waals surface area (Å²) in [6.07, 6.45) is -0.578. The van der Waals surface area contributed by atoms with Crippen LogP contribution in [-0.2, 0) is 4.74 Å². The number of carbonyl (C=O) groups is 3. The first-order valence-corrected chi connectivity index (χ1v) is 8.11. The zero-order valence-electron chi connectivity index (χ0n) is 14.4. The lowest BCUT2D eigenvalue weighted by Gasteiger charge is -2.09. The van der Waals surface area contributed by atoms with Gasteiger partial charge in [0.05, 0.1) is 6.61 Å². The first-order chi connectivity index (χ1) is 13.1. The molecule has 3 amide bonds. The molecule has 0 bridgehead atoms. The van der Waals surface area contributed by atoms with Crippen LogP contribution in [0.5, 0.6) is 11.5 Å². The number of hydrazine groups is 1. The van der Waals surface area contributed by atoms with Crippen molar-refractivity contribution in [1.29, 1.82) is 0 Å². The molecule has 0 fully saturated rings. The fourth-order valence-electron chi connectivity index (χ4n) is 2.29. The van der Waals surface area contributed by atoms with Gasteiger partial charge in [-0.25, -0.2) is 4.79 Å². The molecule has 0 unspecified atom stereocenters. The Kier molecular flexibility index (Phi) is 5.41. The molecule has 0 radical (unpaired) electrons. The number of amides is 3. The Labute approximate surface area is 154 Å². The Balaban J connectivity index is 1.54. The van der Waals surface area contributed by atoms with E-state index >= 15 is 0 Å². The van der Waals surface area contributed by atoms with Crippen molar-refractivity contribution in [3.05, 3.63) is 53.6 Å². The Hall–Kier alpha value is -3.75. The smallest absolute Gasteiger partial charge is 0.411 e. The van der Waals surface area contributed by atoms with E-state index in [4.69, 9.17) is 14.2 Å². The molecule has 0 saturated carbocycles. The highest BCUT2D eigenvalue weighted by atomic mass is 16.7. The minimum absolute atomic E-state index is 0.109. The van der Waals surface area contributed by atoms with Crippen molar-refractivity contribution in [2.75, 3.05) is 18.7 Å². The molecule has 0 saturated heterocycles. The minimum Gasteiger partial charge on any atom is -0.454 e. The van der Waals surface area contributed by atoms with Gasteiger partial charge >= 0.3 is 6.09 Å². The van der Waals surface area contributed by atoms with Gasteiger partial charge in [0, 0.05) is 16.8 Å². The first kappa shape index (κ1) is 18.1. The third kappa shape index (κ3) is 4.46. The molecule has 1 aliphatic heterocycles. The summed E-state index contributed by atoms with van der Waals surface area (Å²) < 4.78 is 15.2. The predicted octanol–water partition coefficient (Wildman–Crippen LogP) is 2.06. The highest BCUT2D eigenvalue weighted by molar-refractivity contribution is 5.99. The van der Waals surface area contributed by atoms with Crippen LogP contribution in [0.2, 0.25) is 0 Å². The van der Waals surface area contributed by atoms with Gasteiger partial charge in [-0.2, -0.15) is 0 Å². The molecule has 0 aliphatic carbocycles. The number of carbonyl (C=O) groups excluding carboxylic acids is 3. The Morgan fingerprint density at radius 1 is 0.926 bits per heavy atom. The summed E-state index contributed by atoms with van der Waals surface area (Å²) in [5, 5.41) is 2.52. The number of benzene rings is 2. The standard InChI is InChI=1S/C18H17N3O6/c1-2-25-18(24)19-13-6-3-11(4-7-13)16(22)20-21-17(23)12-5-8-14-15(9-12)27-10-26-14/h3-9H,2,10H2,1H3,(H,19,24)(H,20,22)(H,21,23). The molecule has 140 valence electrons. The summed E-state index contributed by atoms with van der Waals surface area (Å²) in [6.45, 7) is 2.07. The van der Waals surface area contributed by atoms with E-state index in [9.17, 15) is 14.4 Å². The van der Waals surface area contributed by atoms with Crippen LogP contribution in [0.15, 0.2) is 42.5 Å². The summed E-state index contributed by atoms with van der Waals surface area (Å²) >= 11 is 0. The lowest BCUT2D eigenvalue weighted by molar-refractivity contribution is 0.0846. The molecule has 3 rings (SSSR count). The molecule has 27 heavy (non-hydrogen) atoms. The largest absolute Gasteiger partial charge is 0.454 e. The molecule has 0 atom stereocenters. The second kappa shape index (κ2) is 8.09. The lowest BCUT2D eigenvalue weighted by Crippen LogP contribution is -2.41. The molecule has 9 heteroatoms. The first-order valence-electron chi connectivity index (χ1n) is 8.11. The average molecular weight is 371 g/mol. The van der Waals surface area contributed by atoms with Gasteiger partial charge in [-0.15, -0.1) is 0 Å². The fourth-order valence-corrected chi connectivity index (χ4v) is 2.29. The van der Waals surface area contributed by atoms with Gasteiger partial charge in [0.1, 0.15) is 0 Å². The van der Waals surface area contributed by atoms with E-state index in [-0.39, 0.29) is 13.4 Å². The van der Waals surface area contributed by atoms with E-state index in [1.807, 2.05) is 0 Å². The SMILES string of the molecule is CCOC(=O)Nc1ccc(C(=O)NNC(=O)c2ccc3c(c2)OCO3)cc1. The van der Waals surface area contributed by atoms with Gasteiger partial charge < -0.3 is 14.2 Å². The molecule has 2 aromatic carbocycles. The third-order valence-corrected chi connectivity index (χ3v) is 3.59. The molecule has 0 aromatic heterocycles. The summed E-state index contributed by atoms with van der Waals surface area (Å²) in [5.41, 5.74) is 5.75. The minimum atomic E-state index is -0.578. The van der Waals surface area contributed by atoms with Gasteiger partial charge in [-0.05, 0) is 49.4 Å². The number of anilines is 1. The number of hydrogen-bond donors (Lipinski definition) is 3. The van der Waals surface area contributed by atoms with Crippen LogP contribution in [0.1, 0.15) is 27.6 Å². The molecular weight excluding hydrogens is 354 g/mol. The fraction of sp³-hybridized carbons (Fsp3) is 0.167. The quantitative estimate of drug-likeness (QED) is 0.709. The topological polar surface area (TPSA) is 115 Å². The highest BCUT2D eigenvalue weighted by Gasteiger charge is 2.16. The van der Waals surface area contributed by atoms with E-state index in [2.05, 4.69) is 16.2 Å². The maximum Gasteiger partial charge on any atom is 0.411 e. The normalized spacial score (nSPS) is 11.4. The molecule has 0 spiro atoms. The second-order valence-corrected chi connectivity index (χ2v) is 5.40. The van der Waals surface area contributed by atoms with E-state index in [0.717, 1.165) is 0 Å². The van der Waals surface area contributed by atoms with Crippen LogP contribution in [0.25, 0.3) is 0 Å². The summed E-state index contributed by atoms with van der Waals surface area (Å²) in [7, 11) is 0. The van der Waals surface area contributed by atoms with Gasteiger partial charge in [0.15, 0.2) is 11.5 Å². The van der Waals surface area contributed by atoms with Crippen LogP contribution < -0.4 is 25.6 Å². The van der Waals surface area contributed by atoms with Crippen molar-refractivity contribution < 1.29 is 28.6 Å². The van der Waals surface area contributed by atoms with Crippen LogP contribution >= 0.6 is 0 Å². The maximum atomic E-state index is 12.1. The zero-order valence-corrected chi connectivity index (χ0v) is 14.4. The number of fused-ring (bicyclic) bond motifs is 1. The molecule has 1 aliphatic rings. The van der Waals surface area contributed by atoms with Crippen molar-refractivity contribution in [3.63, 3.8) is 0 Å². The monoisotopic (exact) mass is 371 g/mol. The maximum absolute atomic E-state index is 12.1. The molecule has 9 nitrogen and oxygen atoms in total. The van der Waals surface area contributed by atoms with E-state index in [0.29, 0.717) is 28.3 Å². The van der Waals surface area contributed by atoms with Crippen molar-refractivity contribution in [1.82, 2.24) is 10.9 Å². The number of nitrogens with one attached hydrogen (secondary N) is 3.